The van der Waals surface area contributed by atoms with Gasteiger partial charge in [-0.25, -0.2) is 28.1 Å². The summed E-state index contributed by atoms with van der Waals surface area (Å²) in [7, 11) is 0. The van der Waals surface area contributed by atoms with Crippen molar-refractivity contribution in [2.45, 2.75) is 12.8 Å². The van der Waals surface area contributed by atoms with Gasteiger partial charge in [0.15, 0.2) is 29.1 Å². The molecule has 0 spiro atoms. The fourth-order valence-corrected chi connectivity index (χ4v) is 4.41. The minimum Gasteiger partial charge on any atom is -0.367 e. The van der Waals surface area contributed by atoms with E-state index in [0.717, 1.165) is 31.2 Å². The number of anilines is 1. The molecule has 1 aliphatic heterocycles. The molecule has 11 heteroatoms. The molecule has 0 aliphatic carbocycles. The van der Waals surface area contributed by atoms with Crippen molar-refractivity contribution in [3.05, 3.63) is 70.9 Å². The molecule has 0 bridgehead atoms. The normalized spacial score (nSPS) is 16.0. The summed E-state index contributed by atoms with van der Waals surface area (Å²) >= 11 is 6.06. The summed E-state index contributed by atoms with van der Waals surface area (Å²) < 4.78 is 41.2. The number of nitrogens with zero attached hydrogens (tertiary/aromatic N) is 4. The van der Waals surface area contributed by atoms with E-state index < -0.39 is 17.5 Å². The highest BCUT2D eigenvalue weighted by Crippen LogP contribution is 2.28. The third kappa shape index (κ3) is 4.79. The van der Waals surface area contributed by atoms with E-state index in [1.807, 2.05) is 0 Å². The van der Waals surface area contributed by atoms with Crippen LogP contribution >= 0.6 is 11.6 Å². The standard InChI is InChI=1S/C24H20ClF3N6O/c25-15-7-16-17(10-31-21(16)30-9-15)22-32-11-20(28)23(33-22)29-8-13-2-1-5-34(12-13)24(35)14-3-4-18(26)19(27)6-14/h3-4,6-7,9-11,13H,1-2,5,8,12H2,(H,30,31)(H,29,32,33). The summed E-state index contributed by atoms with van der Waals surface area (Å²) in [4.78, 5) is 30.1. The zero-order valence-corrected chi connectivity index (χ0v) is 19.1. The molecule has 4 heterocycles. The Kier molecular flexibility index (Phi) is 6.29. The molecule has 7 nitrogen and oxygen atoms in total. The van der Waals surface area contributed by atoms with Gasteiger partial charge in [0.1, 0.15) is 5.65 Å². The summed E-state index contributed by atoms with van der Waals surface area (Å²) in [5.74, 6) is -2.65. The summed E-state index contributed by atoms with van der Waals surface area (Å²) in [6, 6.07) is 4.85. The van der Waals surface area contributed by atoms with E-state index in [4.69, 9.17) is 11.6 Å². The van der Waals surface area contributed by atoms with E-state index >= 15 is 0 Å². The van der Waals surface area contributed by atoms with E-state index in [0.29, 0.717) is 47.1 Å². The molecule has 1 saturated heterocycles. The van der Waals surface area contributed by atoms with Crippen LogP contribution in [-0.4, -0.2) is 50.4 Å². The van der Waals surface area contributed by atoms with Crippen molar-refractivity contribution in [2.75, 3.05) is 25.0 Å². The maximum absolute atomic E-state index is 14.5. The molecular weight excluding hydrogens is 481 g/mol. The van der Waals surface area contributed by atoms with Gasteiger partial charge in [-0.2, -0.15) is 0 Å². The number of carbonyl (C=O) groups is 1. The Morgan fingerprint density at radius 2 is 2.00 bits per heavy atom. The van der Waals surface area contributed by atoms with Crippen molar-refractivity contribution in [1.82, 2.24) is 24.8 Å². The smallest absolute Gasteiger partial charge is 0.253 e. The largest absolute Gasteiger partial charge is 0.367 e. The summed E-state index contributed by atoms with van der Waals surface area (Å²) in [5.41, 5.74) is 1.34. The van der Waals surface area contributed by atoms with E-state index in [-0.39, 0.29) is 23.2 Å². The Labute approximate surface area is 203 Å². The van der Waals surface area contributed by atoms with Gasteiger partial charge in [0, 0.05) is 48.5 Å². The van der Waals surface area contributed by atoms with Crippen LogP contribution in [-0.2, 0) is 0 Å². The third-order valence-electron chi connectivity index (χ3n) is 6.01. The number of pyridine rings is 1. The quantitative estimate of drug-likeness (QED) is 0.400. The fraction of sp³-hybridized carbons (Fsp3) is 0.250. The molecule has 1 atom stereocenters. The van der Waals surface area contributed by atoms with Crippen LogP contribution in [0.4, 0.5) is 19.0 Å². The second-order valence-corrected chi connectivity index (χ2v) is 8.85. The lowest BCUT2D eigenvalue weighted by Gasteiger charge is -2.33. The first-order valence-corrected chi connectivity index (χ1v) is 11.4. The zero-order valence-electron chi connectivity index (χ0n) is 18.4. The van der Waals surface area contributed by atoms with Crippen LogP contribution in [0.15, 0.2) is 42.9 Å². The number of H-pyrrole nitrogens is 1. The van der Waals surface area contributed by atoms with Crippen molar-refractivity contribution in [2.24, 2.45) is 5.92 Å². The van der Waals surface area contributed by atoms with Crippen LogP contribution in [0.3, 0.4) is 0 Å². The topological polar surface area (TPSA) is 86.8 Å². The molecule has 0 radical (unpaired) electrons. The third-order valence-corrected chi connectivity index (χ3v) is 6.22. The van der Waals surface area contributed by atoms with Gasteiger partial charge in [-0.15, -0.1) is 0 Å². The average molecular weight is 501 g/mol. The van der Waals surface area contributed by atoms with Gasteiger partial charge in [-0.1, -0.05) is 11.6 Å². The summed E-state index contributed by atoms with van der Waals surface area (Å²) in [6.45, 7) is 1.28. The Balaban J connectivity index is 1.29. The molecule has 0 saturated carbocycles. The van der Waals surface area contributed by atoms with Crippen LogP contribution in [0, 0.1) is 23.4 Å². The number of hydrogen-bond donors (Lipinski definition) is 2. The van der Waals surface area contributed by atoms with Crippen molar-refractivity contribution < 1.29 is 18.0 Å². The van der Waals surface area contributed by atoms with Gasteiger partial charge in [0.25, 0.3) is 5.91 Å². The maximum Gasteiger partial charge on any atom is 0.253 e. The highest BCUT2D eigenvalue weighted by atomic mass is 35.5. The van der Waals surface area contributed by atoms with Gasteiger partial charge in [0.2, 0.25) is 0 Å². The Hall–Kier alpha value is -3.66. The van der Waals surface area contributed by atoms with Gasteiger partial charge < -0.3 is 15.2 Å². The molecule has 1 aliphatic rings. The molecular formula is C24H20ClF3N6O. The number of piperidine rings is 1. The van der Waals surface area contributed by atoms with Crippen molar-refractivity contribution >= 4 is 34.4 Å². The second-order valence-electron chi connectivity index (χ2n) is 8.41. The first-order valence-electron chi connectivity index (χ1n) is 11.0. The van der Waals surface area contributed by atoms with Gasteiger partial charge in [-0.3, -0.25) is 4.79 Å². The lowest BCUT2D eigenvalue weighted by molar-refractivity contribution is 0.0679. The number of rotatable bonds is 5. The number of benzene rings is 1. The molecule has 3 aromatic heterocycles. The number of nitrogens with one attached hydrogen (secondary N) is 2. The van der Waals surface area contributed by atoms with Crippen molar-refractivity contribution in [3.63, 3.8) is 0 Å². The van der Waals surface area contributed by atoms with Crippen molar-refractivity contribution in [3.8, 4) is 11.4 Å². The Morgan fingerprint density at radius 1 is 1.14 bits per heavy atom. The first-order chi connectivity index (χ1) is 16.9. The maximum atomic E-state index is 14.5. The number of hydrogen-bond acceptors (Lipinski definition) is 5. The molecule has 5 rings (SSSR count). The van der Waals surface area contributed by atoms with Crippen LogP contribution in [0.2, 0.25) is 5.02 Å². The van der Waals surface area contributed by atoms with Crippen molar-refractivity contribution in [1.29, 1.82) is 0 Å². The van der Waals surface area contributed by atoms with Gasteiger partial charge in [0.05, 0.1) is 11.2 Å². The number of aromatic amines is 1. The van der Waals surface area contributed by atoms with Crippen LogP contribution in [0.5, 0.6) is 0 Å². The Bertz CT molecular complexity index is 1410. The molecule has 1 unspecified atom stereocenters. The molecule has 35 heavy (non-hydrogen) atoms. The minimum atomic E-state index is -1.06. The SMILES string of the molecule is O=C(c1ccc(F)c(F)c1)N1CCCC(CNc2nc(-c3c[nH]c4ncc(Cl)cc34)ncc2F)C1. The van der Waals surface area contributed by atoms with Crippen LogP contribution in [0.25, 0.3) is 22.4 Å². The van der Waals surface area contributed by atoms with Crippen LogP contribution < -0.4 is 5.32 Å². The number of likely N-dealkylation sites (tertiary alicyclic amines) is 1. The highest BCUT2D eigenvalue weighted by Gasteiger charge is 2.25. The second kappa shape index (κ2) is 9.53. The fourth-order valence-electron chi connectivity index (χ4n) is 4.25. The monoisotopic (exact) mass is 500 g/mol. The lowest BCUT2D eigenvalue weighted by atomic mass is 9.97. The number of aromatic nitrogens is 4. The molecule has 1 aromatic carbocycles. The van der Waals surface area contributed by atoms with Gasteiger partial charge in [-0.05, 0) is 43.0 Å². The predicted octanol–water partition coefficient (Wildman–Crippen LogP) is 5.05. The molecule has 180 valence electrons. The van der Waals surface area contributed by atoms with E-state index in [9.17, 15) is 18.0 Å². The number of amides is 1. The first kappa shape index (κ1) is 23.1. The number of carbonyl (C=O) groups excluding carboxylic acids is 1. The van der Waals surface area contributed by atoms with Crippen LogP contribution in [0.1, 0.15) is 23.2 Å². The molecule has 1 amide bonds. The number of halogens is 4. The molecule has 4 aromatic rings. The summed E-state index contributed by atoms with van der Waals surface area (Å²) in [5, 5.41) is 4.21. The lowest BCUT2D eigenvalue weighted by Crippen LogP contribution is -2.42. The molecule has 1 fully saturated rings. The highest BCUT2D eigenvalue weighted by molar-refractivity contribution is 6.31. The molecule has 2 N–H and O–H groups in total. The van der Waals surface area contributed by atoms with E-state index in [2.05, 4.69) is 25.3 Å². The zero-order chi connectivity index (χ0) is 24.5. The average Bonchev–Trinajstić information content (AvgIpc) is 3.28. The Morgan fingerprint density at radius 3 is 2.83 bits per heavy atom. The van der Waals surface area contributed by atoms with Gasteiger partial charge >= 0.3 is 0 Å². The summed E-state index contributed by atoms with van der Waals surface area (Å²) in [6.07, 6.45) is 5.87. The minimum absolute atomic E-state index is 0.0203. The predicted molar refractivity (Wildman–Crippen MR) is 126 cm³/mol. The van der Waals surface area contributed by atoms with E-state index in [1.54, 1.807) is 17.2 Å². The van der Waals surface area contributed by atoms with E-state index in [1.165, 1.54) is 12.3 Å². The number of fused-ring (bicyclic) bond motifs is 1.